The number of allylic oxidation sites excluding steroid dienone is 12. The van der Waals surface area contributed by atoms with Crippen LogP contribution >= 0.6 is 0 Å². The molecule has 1 saturated carbocycles. The van der Waals surface area contributed by atoms with E-state index >= 15 is 0 Å². The van der Waals surface area contributed by atoms with Gasteiger partial charge in [-0.3, -0.25) is 0 Å². The van der Waals surface area contributed by atoms with Gasteiger partial charge in [-0.05, 0) is 89.3 Å². The highest BCUT2D eigenvalue weighted by Crippen LogP contribution is 2.46. The minimum Gasteiger partial charge on any atom is -0.0801 e. The molecule has 1 atom stereocenters. The SMILES string of the molecule is C1=CC2C=C(C3=CCC=C3)C=C2C(C2CCC(c3ccc(Cc4ccccc4)cc3)CC2)=C1. The Hall–Kier alpha value is -3.12. The molecule has 0 heteroatoms. The molecule has 2 aromatic carbocycles. The van der Waals surface area contributed by atoms with Gasteiger partial charge >= 0.3 is 0 Å². The molecular formula is C33H32. The maximum absolute atomic E-state index is 2.47. The number of hydrogen-bond donors (Lipinski definition) is 0. The topological polar surface area (TPSA) is 0 Å². The summed E-state index contributed by atoms with van der Waals surface area (Å²) in [6, 6.07) is 20.2. The number of hydrogen-bond acceptors (Lipinski definition) is 0. The molecule has 0 bridgehead atoms. The molecular weight excluding hydrogens is 396 g/mol. The van der Waals surface area contributed by atoms with Gasteiger partial charge in [-0.2, -0.15) is 0 Å². The van der Waals surface area contributed by atoms with Crippen LogP contribution in [0.1, 0.15) is 54.7 Å². The van der Waals surface area contributed by atoms with Crippen molar-refractivity contribution in [3.8, 4) is 0 Å². The van der Waals surface area contributed by atoms with Gasteiger partial charge in [0.15, 0.2) is 0 Å². The lowest BCUT2D eigenvalue weighted by Gasteiger charge is -2.33. The summed E-state index contributed by atoms with van der Waals surface area (Å²) in [4.78, 5) is 0. The van der Waals surface area contributed by atoms with E-state index in [2.05, 4.69) is 103 Å². The number of benzene rings is 2. The molecule has 0 saturated heterocycles. The van der Waals surface area contributed by atoms with Crippen LogP contribution in [0.5, 0.6) is 0 Å². The van der Waals surface area contributed by atoms with Gasteiger partial charge in [0.25, 0.3) is 0 Å². The van der Waals surface area contributed by atoms with Gasteiger partial charge in [-0.25, -0.2) is 0 Å². The van der Waals surface area contributed by atoms with Crippen LogP contribution in [0.25, 0.3) is 0 Å². The minimum atomic E-state index is 0.477. The van der Waals surface area contributed by atoms with Crippen molar-refractivity contribution in [3.63, 3.8) is 0 Å². The van der Waals surface area contributed by atoms with Crippen molar-refractivity contribution >= 4 is 0 Å². The lowest BCUT2D eigenvalue weighted by Crippen LogP contribution is -2.18. The first kappa shape index (κ1) is 20.5. The third-order valence-electron chi connectivity index (χ3n) is 7.93. The van der Waals surface area contributed by atoms with Crippen molar-refractivity contribution in [2.75, 3.05) is 0 Å². The van der Waals surface area contributed by atoms with Crippen molar-refractivity contribution in [1.82, 2.24) is 0 Å². The first-order valence-electron chi connectivity index (χ1n) is 12.7. The molecule has 6 rings (SSSR count). The second kappa shape index (κ2) is 9.02. The zero-order valence-corrected chi connectivity index (χ0v) is 19.3. The molecule has 0 nitrogen and oxygen atoms in total. The summed E-state index contributed by atoms with van der Waals surface area (Å²) in [6.07, 6.45) is 26.2. The summed E-state index contributed by atoms with van der Waals surface area (Å²) >= 11 is 0. The van der Waals surface area contributed by atoms with Gasteiger partial charge in [0.05, 0.1) is 0 Å². The van der Waals surface area contributed by atoms with Crippen molar-refractivity contribution in [2.24, 2.45) is 11.8 Å². The fourth-order valence-electron chi connectivity index (χ4n) is 6.11. The Labute approximate surface area is 198 Å². The Kier molecular flexibility index (Phi) is 5.60. The third-order valence-corrected chi connectivity index (χ3v) is 7.93. The molecule has 0 aliphatic heterocycles. The van der Waals surface area contributed by atoms with Crippen LogP contribution < -0.4 is 0 Å². The summed E-state index contributed by atoms with van der Waals surface area (Å²) in [6.45, 7) is 0. The van der Waals surface area contributed by atoms with Gasteiger partial charge in [0.1, 0.15) is 0 Å². The Morgan fingerprint density at radius 3 is 2.24 bits per heavy atom. The molecule has 1 fully saturated rings. The molecule has 0 spiro atoms. The average Bonchev–Trinajstić information content (AvgIpc) is 3.55. The molecule has 4 aliphatic rings. The normalized spacial score (nSPS) is 25.9. The van der Waals surface area contributed by atoms with Crippen LogP contribution in [0.3, 0.4) is 0 Å². The summed E-state index contributed by atoms with van der Waals surface area (Å²) in [7, 11) is 0. The molecule has 0 aromatic heterocycles. The van der Waals surface area contributed by atoms with Crippen molar-refractivity contribution in [3.05, 3.63) is 142 Å². The molecule has 1 unspecified atom stereocenters. The van der Waals surface area contributed by atoms with Crippen LogP contribution in [-0.2, 0) is 6.42 Å². The second-order valence-corrected chi connectivity index (χ2v) is 10.0. The zero-order chi connectivity index (χ0) is 22.0. The van der Waals surface area contributed by atoms with E-state index in [0.717, 1.165) is 12.8 Å². The first-order valence-corrected chi connectivity index (χ1v) is 12.7. The molecule has 0 N–H and O–H groups in total. The van der Waals surface area contributed by atoms with Crippen molar-refractivity contribution < 1.29 is 0 Å². The van der Waals surface area contributed by atoms with E-state index in [-0.39, 0.29) is 0 Å². The number of fused-ring (bicyclic) bond motifs is 1. The minimum absolute atomic E-state index is 0.477. The monoisotopic (exact) mass is 428 g/mol. The van der Waals surface area contributed by atoms with Crippen LogP contribution in [0.4, 0.5) is 0 Å². The molecule has 0 amide bonds. The van der Waals surface area contributed by atoms with E-state index in [1.807, 2.05) is 0 Å². The fourth-order valence-corrected chi connectivity index (χ4v) is 6.11. The summed E-state index contributed by atoms with van der Waals surface area (Å²) in [5.41, 5.74) is 10.3. The van der Waals surface area contributed by atoms with Crippen LogP contribution in [0.15, 0.2) is 125 Å². The quantitative estimate of drug-likeness (QED) is 0.448. The highest BCUT2D eigenvalue weighted by Gasteiger charge is 2.31. The van der Waals surface area contributed by atoms with Gasteiger partial charge < -0.3 is 0 Å². The highest BCUT2D eigenvalue weighted by atomic mass is 14.3. The van der Waals surface area contributed by atoms with E-state index < -0.39 is 0 Å². The molecule has 2 aromatic rings. The van der Waals surface area contributed by atoms with Gasteiger partial charge in [-0.1, -0.05) is 103 Å². The van der Waals surface area contributed by atoms with Crippen molar-refractivity contribution in [1.29, 1.82) is 0 Å². The average molecular weight is 429 g/mol. The molecule has 0 radical (unpaired) electrons. The van der Waals surface area contributed by atoms with Crippen molar-refractivity contribution in [2.45, 2.75) is 44.4 Å². The molecule has 33 heavy (non-hydrogen) atoms. The van der Waals surface area contributed by atoms with E-state index in [9.17, 15) is 0 Å². The standard InChI is InChI=1S/C33H32/c1-2-7-24(8-3-1)21-25-13-15-27(16-14-25)28-17-19-29(20-18-28)32-12-6-11-30-22-31(23-33(30)32)26-9-4-5-10-26/h1-4,6-16,22-23,28-30H,5,17-21H2. The lowest BCUT2D eigenvalue weighted by molar-refractivity contribution is 0.363. The Morgan fingerprint density at radius 2 is 1.48 bits per heavy atom. The maximum atomic E-state index is 2.47. The molecule has 164 valence electrons. The second-order valence-electron chi connectivity index (χ2n) is 10.0. The van der Waals surface area contributed by atoms with E-state index in [0.29, 0.717) is 17.8 Å². The summed E-state index contributed by atoms with van der Waals surface area (Å²) < 4.78 is 0. The van der Waals surface area contributed by atoms with Crippen LogP contribution in [0, 0.1) is 11.8 Å². The highest BCUT2D eigenvalue weighted by molar-refractivity contribution is 5.61. The summed E-state index contributed by atoms with van der Waals surface area (Å²) in [5, 5.41) is 0. The molecule has 0 heterocycles. The van der Waals surface area contributed by atoms with Gasteiger partial charge in [0, 0.05) is 5.92 Å². The largest absolute Gasteiger partial charge is 0.0801 e. The van der Waals surface area contributed by atoms with Crippen LogP contribution in [0.2, 0.25) is 0 Å². The third kappa shape index (κ3) is 4.27. The van der Waals surface area contributed by atoms with Crippen LogP contribution in [-0.4, -0.2) is 0 Å². The Balaban J connectivity index is 1.10. The van der Waals surface area contributed by atoms with E-state index in [4.69, 9.17) is 0 Å². The summed E-state index contributed by atoms with van der Waals surface area (Å²) in [5.74, 6) is 1.89. The predicted molar refractivity (Wildman–Crippen MR) is 139 cm³/mol. The Morgan fingerprint density at radius 1 is 0.727 bits per heavy atom. The Bertz CT molecular complexity index is 1190. The van der Waals surface area contributed by atoms with E-state index in [1.165, 1.54) is 53.5 Å². The lowest BCUT2D eigenvalue weighted by atomic mass is 9.72. The van der Waals surface area contributed by atoms with Gasteiger partial charge in [-0.15, -0.1) is 0 Å². The smallest absolute Gasteiger partial charge is 0.0213 e. The van der Waals surface area contributed by atoms with E-state index in [1.54, 1.807) is 11.1 Å². The zero-order valence-electron chi connectivity index (χ0n) is 19.3. The number of rotatable bonds is 5. The molecule has 4 aliphatic carbocycles. The predicted octanol–water partition coefficient (Wildman–Crippen LogP) is 8.42. The maximum Gasteiger partial charge on any atom is 0.0213 e. The van der Waals surface area contributed by atoms with Gasteiger partial charge in [0.2, 0.25) is 0 Å². The fraction of sp³-hybridized carbons (Fsp3) is 0.273. The first-order chi connectivity index (χ1) is 16.3.